The summed E-state index contributed by atoms with van der Waals surface area (Å²) in [6, 6.07) is -1.26. The van der Waals surface area contributed by atoms with Gasteiger partial charge in [-0.1, -0.05) is 5.11 Å². The second-order valence-corrected chi connectivity index (χ2v) is 5.46. The number of quaternary nitrogens is 1. The van der Waals surface area contributed by atoms with E-state index >= 15 is 0 Å². The standard InChI is InChI=1S/C10H12N5O6P/c1-5-3-15(10(17)12-9(5)16)8-2-6(13-14-11)7(21-8)4-20-22(18)19/h3,6-8H,2,4H2,1H3,(H,12,16,17)/p+1/t6-,7+,8+/m0/s1. The number of hydrogen-bond donors (Lipinski definition) is 2. The molecule has 0 aromatic heterocycles. The molecule has 2 heterocycles. The number of urea groups is 1. The van der Waals surface area contributed by atoms with E-state index in [9.17, 15) is 19.0 Å². The van der Waals surface area contributed by atoms with Crippen LogP contribution in [0.15, 0.2) is 16.9 Å². The summed E-state index contributed by atoms with van der Waals surface area (Å²) >= 11 is 0. The van der Waals surface area contributed by atoms with Gasteiger partial charge in [0, 0.05) is 11.3 Å². The fraction of sp³-hybridized carbons (Fsp3) is 0.600. The van der Waals surface area contributed by atoms with Crippen LogP contribution in [0.5, 0.6) is 0 Å². The summed E-state index contributed by atoms with van der Waals surface area (Å²) in [5, 5.41) is 5.71. The van der Waals surface area contributed by atoms with Crippen molar-refractivity contribution >= 4 is 20.2 Å². The van der Waals surface area contributed by atoms with E-state index in [1.54, 1.807) is 6.92 Å². The second-order valence-electron chi connectivity index (χ2n) is 4.76. The summed E-state index contributed by atoms with van der Waals surface area (Å²) in [6.45, 7) is 1.24. The molecule has 0 aliphatic carbocycles. The van der Waals surface area contributed by atoms with Gasteiger partial charge in [0.05, 0.1) is 11.6 Å². The quantitative estimate of drug-likeness (QED) is 0.280. The number of hydrogen-bond acceptors (Lipinski definition) is 7. The maximum Gasteiger partial charge on any atom is 0.488 e. The summed E-state index contributed by atoms with van der Waals surface area (Å²) in [5.74, 6) is -0.485. The highest BCUT2D eigenvalue weighted by Gasteiger charge is 2.45. The zero-order chi connectivity index (χ0) is 16.3. The van der Waals surface area contributed by atoms with Crippen molar-refractivity contribution < 1.29 is 33.2 Å². The molecule has 2 rings (SSSR count). The molecular formula is C10H13N5O6P+. The number of imide groups is 1. The van der Waals surface area contributed by atoms with Crippen molar-refractivity contribution in [2.75, 3.05) is 6.61 Å². The molecule has 0 saturated carbocycles. The fourth-order valence-electron chi connectivity index (χ4n) is 2.28. The summed E-state index contributed by atoms with van der Waals surface area (Å²) in [7, 11) is -3.05. The van der Waals surface area contributed by atoms with Gasteiger partial charge in [0.25, 0.3) is 5.91 Å². The molecule has 2 aliphatic heterocycles. The number of carbonyl (C=O) groups excluding carboxylic acids is 2. The highest BCUT2D eigenvalue weighted by atomic mass is 31.1. The van der Waals surface area contributed by atoms with Crippen LogP contribution in [0.3, 0.4) is 0 Å². The maximum absolute atomic E-state index is 11.8. The highest BCUT2D eigenvalue weighted by Crippen LogP contribution is 2.23. The lowest BCUT2D eigenvalue weighted by molar-refractivity contribution is -0.818. The van der Waals surface area contributed by atoms with Gasteiger partial charge in [0.2, 0.25) is 6.23 Å². The van der Waals surface area contributed by atoms with Crippen molar-refractivity contribution in [2.24, 2.45) is 5.11 Å². The van der Waals surface area contributed by atoms with Crippen molar-refractivity contribution in [2.45, 2.75) is 31.7 Å². The number of ether oxygens (including phenoxy) is 1. The van der Waals surface area contributed by atoms with Gasteiger partial charge in [-0.05, 0) is 17.0 Å². The van der Waals surface area contributed by atoms with Crippen molar-refractivity contribution in [3.8, 4) is 0 Å². The molecule has 1 fully saturated rings. The highest BCUT2D eigenvalue weighted by molar-refractivity contribution is 7.30. The van der Waals surface area contributed by atoms with Gasteiger partial charge in [0.1, 0.15) is 18.9 Å². The van der Waals surface area contributed by atoms with Gasteiger partial charge in [-0.15, -0.1) is 4.52 Å². The van der Waals surface area contributed by atoms with E-state index < -0.39 is 38.6 Å². The van der Waals surface area contributed by atoms with Crippen LogP contribution in [0.25, 0.3) is 10.4 Å². The summed E-state index contributed by atoms with van der Waals surface area (Å²) in [6.07, 6.45) is 0.0993. The number of azide groups is 1. The maximum atomic E-state index is 11.8. The zero-order valence-electron chi connectivity index (χ0n) is 11.5. The van der Waals surface area contributed by atoms with Crippen LogP contribution < -0.4 is 15.1 Å². The van der Waals surface area contributed by atoms with Crippen molar-refractivity contribution in [3.05, 3.63) is 22.2 Å². The first-order chi connectivity index (χ1) is 10.4. The molecule has 1 saturated heterocycles. The first-order valence-electron chi connectivity index (χ1n) is 6.30. The number of amides is 3. The Labute approximate surface area is 125 Å². The third-order valence-electron chi connectivity index (χ3n) is 3.33. The van der Waals surface area contributed by atoms with Crippen LogP contribution in [0.2, 0.25) is 0 Å². The first kappa shape index (κ1) is 16.5. The lowest BCUT2D eigenvalue weighted by Gasteiger charge is -2.22. The summed E-state index contributed by atoms with van der Waals surface area (Å²) < 4.78 is 20.5. The Hall–Kier alpha value is -1.87. The predicted molar refractivity (Wildman–Crippen MR) is 68.0 cm³/mol. The molecule has 12 heteroatoms. The van der Waals surface area contributed by atoms with Gasteiger partial charge in [0.15, 0.2) is 0 Å². The van der Waals surface area contributed by atoms with Crippen molar-refractivity contribution in [1.82, 2.24) is 5.32 Å². The first-order valence-corrected chi connectivity index (χ1v) is 7.39. The Bertz CT molecular complexity index is 588. The molecule has 3 amide bonds. The molecule has 118 valence electrons. The number of rotatable bonds is 5. The Morgan fingerprint density at radius 2 is 2.41 bits per heavy atom. The average molecular weight is 330 g/mol. The van der Waals surface area contributed by atoms with E-state index in [2.05, 4.69) is 19.9 Å². The zero-order valence-corrected chi connectivity index (χ0v) is 12.4. The van der Waals surface area contributed by atoms with Gasteiger partial charge in [-0.25, -0.2) is 10.1 Å². The predicted octanol–water partition coefficient (Wildman–Crippen LogP) is -1.15. The molecule has 0 radical (unpaired) electrons. The van der Waals surface area contributed by atoms with Crippen LogP contribution in [0.1, 0.15) is 13.3 Å². The average Bonchev–Trinajstić information content (AvgIpc) is 2.84. The lowest BCUT2D eigenvalue weighted by Crippen LogP contribution is -3.16. The minimum Gasteiger partial charge on any atom is -0.566 e. The van der Waals surface area contributed by atoms with Crippen molar-refractivity contribution in [1.29, 1.82) is 0 Å². The summed E-state index contributed by atoms with van der Waals surface area (Å²) in [5.41, 5.74) is 8.90. The monoisotopic (exact) mass is 330 g/mol. The molecule has 0 aromatic rings. The normalized spacial score (nSPS) is 32.1. The Morgan fingerprint density at radius 1 is 1.68 bits per heavy atom. The van der Waals surface area contributed by atoms with E-state index in [0.717, 1.165) is 0 Å². The van der Waals surface area contributed by atoms with E-state index in [0.29, 0.717) is 5.57 Å². The van der Waals surface area contributed by atoms with Crippen LogP contribution in [0, 0.1) is 0 Å². The fourth-order valence-corrected chi connectivity index (χ4v) is 2.55. The second kappa shape index (κ2) is 6.93. The molecule has 22 heavy (non-hydrogen) atoms. The minimum atomic E-state index is -3.05. The number of carbonyl (C=O) groups is 2. The SMILES string of the molecule is CC1=C[NH+]([C@H]2C[C@H](N=[N+]=[N-])[C@@H](CO[P+](=O)[O-])O2)C(=O)NC1=O. The van der Waals surface area contributed by atoms with Crippen LogP contribution in [-0.4, -0.2) is 36.9 Å². The number of nitrogens with zero attached hydrogens (tertiary/aromatic N) is 3. The molecule has 5 atom stereocenters. The topological polar surface area (TPSA) is 158 Å². The third kappa shape index (κ3) is 3.66. The van der Waals surface area contributed by atoms with Crippen LogP contribution >= 0.6 is 8.25 Å². The van der Waals surface area contributed by atoms with E-state index in [-0.39, 0.29) is 17.9 Å². The minimum absolute atomic E-state index is 0.189. The third-order valence-corrected chi connectivity index (χ3v) is 3.69. The molecule has 0 bridgehead atoms. The molecule has 11 nitrogen and oxygen atoms in total. The van der Waals surface area contributed by atoms with Gasteiger partial charge in [-0.2, -0.15) is 4.90 Å². The molecule has 0 spiro atoms. The number of nitrogens with one attached hydrogen (secondary N) is 2. The Kier molecular flexibility index (Phi) is 5.19. The van der Waals surface area contributed by atoms with Gasteiger partial charge >= 0.3 is 14.3 Å². The molecule has 2 N–H and O–H groups in total. The van der Waals surface area contributed by atoms with Gasteiger partial charge in [-0.3, -0.25) is 4.79 Å². The Morgan fingerprint density at radius 3 is 3.05 bits per heavy atom. The largest absolute Gasteiger partial charge is 0.566 e. The van der Waals surface area contributed by atoms with E-state index in [1.807, 2.05) is 0 Å². The van der Waals surface area contributed by atoms with Crippen LogP contribution in [0.4, 0.5) is 4.79 Å². The van der Waals surface area contributed by atoms with Crippen LogP contribution in [-0.2, 0) is 18.6 Å². The molecule has 0 aromatic carbocycles. The lowest BCUT2D eigenvalue weighted by atomic mass is 10.1. The van der Waals surface area contributed by atoms with Gasteiger partial charge < -0.3 is 9.63 Å². The molecule has 2 unspecified atom stereocenters. The summed E-state index contributed by atoms with van der Waals surface area (Å²) in [4.78, 5) is 36.6. The molecule has 2 aliphatic rings. The smallest absolute Gasteiger partial charge is 0.488 e. The van der Waals surface area contributed by atoms with Crippen molar-refractivity contribution in [3.63, 3.8) is 0 Å². The molecular weight excluding hydrogens is 317 g/mol. The van der Waals surface area contributed by atoms with E-state index in [4.69, 9.17) is 10.3 Å². The van der Waals surface area contributed by atoms with E-state index in [1.165, 1.54) is 6.20 Å². The Balaban J connectivity index is 2.13.